The van der Waals surface area contributed by atoms with Gasteiger partial charge in [0, 0.05) is 43.6 Å². The molecule has 0 atom stereocenters. The Kier molecular flexibility index (Phi) is 7.57. The van der Waals surface area contributed by atoms with Crippen LogP contribution in [0.2, 0.25) is 0 Å². The van der Waals surface area contributed by atoms with Gasteiger partial charge in [-0.1, -0.05) is 176 Å². The SMILES string of the molecule is c1ccc(-c2ccc(-n3c4ccccc4c4cc(-c5cc6c(c7ccccc57)c5ccccc5n6-c5nc(-c6ccccc6)c6ccccc6n5)c5ccccc5c43)cc2)cc1. The zero-order valence-corrected chi connectivity index (χ0v) is 33.6. The predicted molar refractivity (Wildman–Crippen MR) is 260 cm³/mol. The molecule has 0 aliphatic rings. The molecule has 0 spiro atoms. The zero-order valence-electron chi connectivity index (χ0n) is 33.6. The molecule has 0 unspecified atom stereocenters. The van der Waals surface area contributed by atoms with E-state index in [9.17, 15) is 0 Å². The second-order valence-corrected chi connectivity index (χ2v) is 16.1. The summed E-state index contributed by atoms with van der Waals surface area (Å²) in [6.07, 6.45) is 0. The molecular weight excluding hydrogens is 753 g/mol. The van der Waals surface area contributed by atoms with Crippen molar-refractivity contribution in [3.8, 4) is 45.1 Å². The van der Waals surface area contributed by atoms with Gasteiger partial charge in [0.2, 0.25) is 5.95 Å². The maximum absolute atomic E-state index is 5.42. The quantitative estimate of drug-likeness (QED) is 0.174. The maximum atomic E-state index is 5.42. The van der Waals surface area contributed by atoms with E-state index in [1.165, 1.54) is 76.4 Å². The van der Waals surface area contributed by atoms with Crippen LogP contribution in [0.4, 0.5) is 0 Å². The van der Waals surface area contributed by atoms with Gasteiger partial charge in [0.05, 0.1) is 33.3 Å². The Morgan fingerprint density at radius 1 is 0.306 bits per heavy atom. The third kappa shape index (κ3) is 5.14. The Hall–Kier alpha value is -8.34. The molecule has 0 N–H and O–H groups in total. The first-order chi connectivity index (χ1) is 30.8. The average molecular weight is 789 g/mol. The molecule has 0 amide bonds. The van der Waals surface area contributed by atoms with Crippen LogP contribution in [0.25, 0.3) is 121 Å². The summed E-state index contributed by atoms with van der Waals surface area (Å²) in [5.41, 5.74) is 13.3. The van der Waals surface area contributed by atoms with Crippen LogP contribution >= 0.6 is 0 Å². The summed E-state index contributed by atoms with van der Waals surface area (Å²) in [6.45, 7) is 0. The molecule has 288 valence electrons. The highest BCUT2D eigenvalue weighted by Crippen LogP contribution is 2.46. The Morgan fingerprint density at radius 2 is 0.823 bits per heavy atom. The summed E-state index contributed by atoms with van der Waals surface area (Å²) in [5, 5.41) is 10.6. The van der Waals surface area contributed by atoms with E-state index < -0.39 is 0 Å². The van der Waals surface area contributed by atoms with Gasteiger partial charge in [0.25, 0.3) is 0 Å². The largest absolute Gasteiger partial charge is 0.309 e. The lowest BCUT2D eigenvalue weighted by Gasteiger charge is -2.16. The highest BCUT2D eigenvalue weighted by atomic mass is 15.2. The van der Waals surface area contributed by atoms with Gasteiger partial charge in [0.15, 0.2) is 0 Å². The first-order valence-electron chi connectivity index (χ1n) is 21.2. The van der Waals surface area contributed by atoms with Gasteiger partial charge in [-0.2, -0.15) is 0 Å². The van der Waals surface area contributed by atoms with Crippen molar-refractivity contribution in [3.63, 3.8) is 0 Å². The van der Waals surface area contributed by atoms with Crippen LogP contribution in [0.1, 0.15) is 0 Å². The third-order valence-corrected chi connectivity index (χ3v) is 12.7. The lowest BCUT2D eigenvalue weighted by molar-refractivity contribution is 1.01. The molecule has 0 saturated carbocycles. The van der Waals surface area contributed by atoms with Crippen molar-refractivity contribution in [3.05, 3.63) is 218 Å². The molecule has 3 heterocycles. The summed E-state index contributed by atoms with van der Waals surface area (Å²) in [6, 6.07) is 78.6. The second kappa shape index (κ2) is 13.6. The third-order valence-electron chi connectivity index (χ3n) is 12.7. The smallest absolute Gasteiger partial charge is 0.235 e. The summed E-state index contributed by atoms with van der Waals surface area (Å²) < 4.78 is 4.73. The number of fused-ring (bicyclic) bond motifs is 11. The van der Waals surface area contributed by atoms with E-state index in [1.807, 2.05) is 0 Å². The van der Waals surface area contributed by atoms with E-state index in [2.05, 4.69) is 228 Å². The van der Waals surface area contributed by atoms with Gasteiger partial charge >= 0.3 is 0 Å². The van der Waals surface area contributed by atoms with Gasteiger partial charge in [-0.15, -0.1) is 0 Å². The summed E-state index contributed by atoms with van der Waals surface area (Å²) in [5.74, 6) is 0.650. The Morgan fingerprint density at radius 3 is 1.55 bits per heavy atom. The number of hydrogen-bond acceptors (Lipinski definition) is 2. The van der Waals surface area contributed by atoms with Gasteiger partial charge in [-0.3, -0.25) is 4.57 Å². The number of hydrogen-bond donors (Lipinski definition) is 0. The minimum atomic E-state index is 0.650. The van der Waals surface area contributed by atoms with Crippen molar-refractivity contribution in [2.24, 2.45) is 0 Å². The monoisotopic (exact) mass is 788 g/mol. The Balaban J connectivity index is 1.12. The van der Waals surface area contributed by atoms with Crippen LogP contribution in [0, 0.1) is 0 Å². The lowest BCUT2D eigenvalue weighted by Crippen LogP contribution is -2.03. The summed E-state index contributed by atoms with van der Waals surface area (Å²) >= 11 is 0. The fourth-order valence-electron chi connectivity index (χ4n) is 10.00. The summed E-state index contributed by atoms with van der Waals surface area (Å²) in [4.78, 5) is 10.7. The molecule has 0 saturated heterocycles. The first-order valence-corrected chi connectivity index (χ1v) is 21.2. The van der Waals surface area contributed by atoms with Crippen LogP contribution in [0.3, 0.4) is 0 Å². The molecule has 0 aliphatic carbocycles. The second-order valence-electron chi connectivity index (χ2n) is 16.1. The van der Waals surface area contributed by atoms with Crippen molar-refractivity contribution in [1.82, 2.24) is 19.1 Å². The van der Waals surface area contributed by atoms with Gasteiger partial charge < -0.3 is 4.57 Å². The van der Waals surface area contributed by atoms with Crippen LogP contribution in [0.5, 0.6) is 0 Å². The minimum Gasteiger partial charge on any atom is -0.309 e. The normalized spacial score (nSPS) is 11.9. The molecule has 3 aromatic heterocycles. The van der Waals surface area contributed by atoms with E-state index in [4.69, 9.17) is 9.97 Å². The van der Waals surface area contributed by atoms with E-state index in [0.717, 1.165) is 38.9 Å². The molecule has 0 fully saturated rings. The fraction of sp³-hybridized carbons (Fsp3) is 0. The summed E-state index contributed by atoms with van der Waals surface area (Å²) in [7, 11) is 0. The number of nitrogens with zero attached hydrogens (tertiary/aromatic N) is 4. The Bertz CT molecular complexity index is 3900. The van der Waals surface area contributed by atoms with Crippen molar-refractivity contribution >= 4 is 76.1 Å². The first kappa shape index (κ1) is 34.5. The molecule has 0 radical (unpaired) electrons. The standard InChI is InChI=1S/C58H36N4/c1-3-17-37(18-4-1)38-31-33-40(34-32-38)61-52-29-15-12-23-43(52)50-35-48(42-22-8-10-25-45(42)57(50)61)49-36-54-55(44-24-9-7-21-41(44)49)47-27-13-16-30-53(47)62(54)58-59-51-28-14-11-26-46(51)56(60-58)39-19-5-2-6-20-39/h1-36H. The molecule has 0 bridgehead atoms. The van der Waals surface area contributed by atoms with Crippen molar-refractivity contribution in [2.75, 3.05) is 0 Å². The lowest BCUT2D eigenvalue weighted by atomic mass is 9.90. The zero-order chi connectivity index (χ0) is 40.7. The van der Waals surface area contributed by atoms with Crippen molar-refractivity contribution in [1.29, 1.82) is 0 Å². The molecule has 13 rings (SSSR count). The van der Waals surface area contributed by atoms with Crippen LogP contribution < -0.4 is 0 Å². The van der Waals surface area contributed by atoms with Crippen LogP contribution in [-0.2, 0) is 0 Å². The minimum absolute atomic E-state index is 0.650. The Labute approximate surface area is 357 Å². The predicted octanol–water partition coefficient (Wildman–Crippen LogP) is 15.1. The number of para-hydroxylation sites is 3. The van der Waals surface area contributed by atoms with E-state index in [1.54, 1.807) is 0 Å². The topological polar surface area (TPSA) is 35.6 Å². The van der Waals surface area contributed by atoms with Gasteiger partial charge in [-0.25, -0.2) is 9.97 Å². The number of aromatic nitrogens is 4. The maximum Gasteiger partial charge on any atom is 0.235 e. The average Bonchev–Trinajstić information content (AvgIpc) is 3.87. The fourth-order valence-corrected chi connectivity index (χ4v) is 10.00. The van der Waals surface area contributed by atoms with E-state index >= 15 is 0 Å². The molecule has 0 aliphatic heterocycles. The van der Waals surface area contributed by atoms with Crippen LogP contribution in [0.15, 0.2) is 218 Å². The molecule has 4 nitrogen and oxygen atoms in total. The molecular formula is C58H36N4. The number of benzene rings is 10. The van der Waals surface area contributed by atoms with E-state index in [-0.39, 0.29) is 0 Å². The van der Waals surface area contributed by atoms with Crippen molar-refractivity contribution in [2.45, 2.75) is 0 Å². The van der Waals surface area contributed by atoms with Crippen molar-refractivity contribution < 1.29 is 0 Å². The van der Waals surface area contributed by atoms with Gasteiger partial charge in [-0.05, 0) is 80.9 Å². The highest BCUT2D eigenvalue weighted by molar-refractivity contribution is 6.27. The molecule has 13 aromatic rings. The molecule has 10 aromatic carbocycles. The van der Waals surface area contributed by atoms with Gasteiger partial charge in [0.1, 0.15) is 0 Å². The van der Waals surface area contributed by atoms with Crippen LogP contribution in [-0.4, -0.2) is 19.1 Å². The highest BCUT2D eigenvalue weighted by Gasteiger charge is 2.23. The van der Waals surface area contributed by atoms with E-state index in [0.29, 0.717) is 5.95 Å². The molecule has 4 heteroatoms. The number of rotatable bonds is 5. The molecule has 62 heavy (non-hydrogen) atoms.